The van der Waals surface area contributed by atoms with Gasteiger partial charge in [-0.25, -0.2) is 4.39 Å². The van der Waals surface area contributed by atoms with E-state index in [0.717, 1.165) is 17.7 Å². The van der Waals surface area contributed by atoms with Crippen LogP contribution in [0.15, 0.2) is 66.2 Å². The SMILES string of the molecule is CC(C)=CC[C@H](Nc1ccccc1)c1ccc(F)cc1. The molecule has 2 heteroatoms. The van der Waals surface area contributed by atoms with Crippen LogP contribution in [0.5, 0.6) is 0 Å². The van der Waals surface area contributed by atoms with Gasteiger partial charge >= 0.3 is 0 Å². The molecule has 0 saturated carbocycles. The van der Waals surface area contributed by atoms with Crippen LogP contribution in [0.25, 0.3) is 0 Å². The van der Waals surface area contributed by atoms with Crippen LogP contribution in [0.3, 0.4) is 0 Å². The zero-order valence-corrected chi connectivity index (χ0v) is 11.9. The molecule has 0 saturated heterocycles. The minimum Gasteiger partial charge on any atom is -0.378 e. The molecule has 1 N–H and O–H groups in total. The van der Waals surface area contributed by atoms with Crippen LogP contribution >= 0.6 is 0 Å². The van der Waals surface area contributed by atoms with Gasteiger partial charge in [0.2, 0.25) is 0 Å². The molecule has 1 atom stereocenters. The molecule has 2 aromatic carbocycles. The number of allylic oxidation sites excluding steroid dienone is 1. The Hall–Kier alpha value is -2.09. The normalized spacial score (nSPS) is 11.8. The van der Waals surface area contributed by atoms with Crippen LogP contribution in [-0.2, 0) is 0 Å². The third kappa shape index (κ3) is 4.23. The Morgan fingerprint density at radius 1 is 1.05 bits per heavy atom. The van der Waals surface area contributed by atoms with E-state index in [1.165, 1.54) is 17.7 Å². The van der Waals surface area contributed by atoms with Crippen LogP contribution in [0, 0.1) is 5.82 Å². The standard InChI is InChI=1S/C18H20FN/c1-14(2)8-13-18(15-9-11-16(19)12-10-15)20-17-6-4-3-5-7-17/h3-12,18,20H,13H2,1-2H3/t18-/m0/s1. The molecule has 0 aliphatic rings. The van der Waals surface area contributed by atoms with E-state index in [-0.39, 0.29) is 11.9 Å². The molecular weight excluding hydrogens is 249 g/mol. The van der Waals surface area contributed by atoms with E-state index in [2.05, 4.69) is 25.2 Å². The minimum absolute atomic E-state index is 0.146. The van der Waals surface area contributed by atoms with E-state index in [0.29, 0.717) is 0 Å². The third-order valence-corrected chi connectivity index (χ3v) is 3.15. The molecule has 0 spiro atoms. The third-order valence-electron chi connectivity index (χ3n) is 3.15. The largest absolute Gasteiger partial charge is 0.378 e. The van der Waals surface area contributed by atoms with Crippen LogP contribution in [-0.4, -0.2) is 0 Å². The van der Waals surface area contributed by atoms with Crippen LogP contribution in [0.1, 0.15) is 31.9 Å². The lowest BCUT2D eigenvalue weighted by molar-refractivity contribution is 0.626. The van der Waals surface area contributed by atoms with Gasteiger partial charge < -0.3 is 5.32 Å². The monoisotopic (exact) mass is 269 g/mol. The quantitative estimate of drug-likeness (QED) is 0.723. The first-order valence-electron chi connectivity index (χ1n) is 6.85. The molecule has 0 fully saturated rings. The van der Waals surface area contributed by atoms with Crippen LogP contribution < -0.4 is 5.32 Å². The second-order valence-corrected chi connectivity index (χ2v) is 5.13. The lowest BCUT2D eigenvalue weighted by Gasteiger charge is -2.19. The minimum atomic E-state index is -0.200. The van der Waals surface area contributed by atoms with E-state index in [1.54, 1.807) is 0 Å². The number of halogens is 1. The number of nitrogens with one attached hydrogen (secondary N) is 1. The molecule has 0 heterocycles. The fraction of sp³-hybridized carbons (Fsp3) is 0.222. The van der Waals surface area contributed by atoms with Gasteiger partial charge in [0.25, 0.3) is 0 Å². The van der Waals surface area contributed by atoms with Crippen LogP contribution in [0.2, 0.25) is 0 Å². The molecule has 2 aromatic rings. The summed E-state index contributed by atoms with van der Waals surface area (Å²) in [7, 11) is 0. The number of hydrogen-bond acceptors (Lipinski definition) is 1. The number of para-hydroxylation sites is 1. The average molecular weight is 269 g/mol. The molecule has 20 heavy (non-hydrogen) atoms. The second-order valence-electron chi connectivity index (χ2n) is 5.13. The van der Waals surface area contributed by atoms with E-state index >= 15 is 0 Å². The first-order valence-corrected chi connectivity index (χ1v) is 6.85. The Labute approximate surface area is 120 Å². The Balaban J connectivity index is 2.20. The first kappa shape index (κ1) is 14.3. The molecule has 0 aliphatic heterocycles. The van der Waals surface area contributed by atoms with Crippen molar-refractivity contribution in [3.63, 3.8) is 0 Å². The summed E-state index contributed by atoms with van der Waals surface area (Å²) in [6.45, 7) is 4.18. The summed E-state index contributed by atoms with van der Waals surface area (Å²) in [5.74, 6) is -0.200. The zero-order chi connectivity index (χ0) is 14.4. The smallest absolute Gasteiger partial charge is 0.123 e. The van der Waals surface area contributed by atoms with E-state index in [9.17, 15) is 4.39 Å². The summed E-state index contributed by atoms with van der Waals surface area (Å²) in [5.41, 5.74) is 3.45. The summed E-state index contributed by atoms with van der Waals surface area (Å²) in [5, 5.41) is 3.50. The Kier molecular flexibility index (Phi) is 4.94. The highest BCUT2D eigenvalue weighted by Crippen LogP contribution is 2.24. The van der Waals surface area contributed by atoms with Crippen molar-refractivity contribution < 1.29 is 4.39 Å². The molecule has 0 radical (unpaired) electrons. The fourth-order valence-electron chi connectivity index (χ4n) is 2.06. The predicted octanol–water partition coefficient (Wildman–Crippen LogP) is 5.34. The summed E-state index contributed by atoms with van der Waals surface area (Å²) < 4.78 is 13.1. The van der Waals surface area contributed by atoms with Gasteiger partial charge in [0, 0.05) is 5.69 Å². The van der Waals surface area contributed by atoms with E-state index < -0.39 is 0 Å². The topological polar surface area (TPSA) is 12.0 Å². The van der Waals surface area contributed by atoms with Crippen molar-refractivity contribution in [1.29, 1.82) is 0 Å². The van der Waals surface area contributed by atoms with Crippen molar-refractivity contribution in [3.8, 4) is 0 Å². The molecule has 104 valence electrons. The van der Waals surface area contributed by atoms with Gasteiger partial charge in [-0.05, 0) is 50.1 Å². The van der Waals surface area contributed by atoms with Crippen molar-refractivity contribution in [2.45, 2.75) is 26.3 Å². The van der Waals surface area contributed by atoms with Gasteiger partial charge in [-0.1, -0.05) is 42.0 Å². The maximum absolute atomic E-state index is 13.1. The van der Waals surface area contributed by atoms with Crippen molar-refractivity contribution in [3.05, 3.63) is 77.6 Å². The van der Waals surface area contributed by atoms with Gasteiger partial charge in [0.05, 0.1) is 6.04 Å². The molecule has 0 aromatic heterocycles. The van der Waals surface area contributed by atoms with Gasteiger partial charge in [-0.15, -0.1) is 0 Å². The van der Waals surface area contributed by atoms with Crippen LogP contribution in [0.4, 0.5) is 10.1 Å². The number of rotatable bonds is 5. The van der Waals surface area contributed by atoms with Gasteiger partial charge in [0.1, 0.15) is 5.82 Å². The second kappa shape index (κ2) is 6.90. The highest BCUT2D eigenvalue weighted by Gasteiger charge is 2.10. The van der Waals surface area contributed by atoms with Gasteiger partial charge in [-0.3, -0.25) is 0 Å². The van der Waals surface area contributed by atoms with E-state index in [1.807, 2.05) is 42.5 Å². The Morgan fingerprint density at radius 2 is 1.70 bits per heavy atom. The highest BCUT2D eigenvalue weighted by atomic mass is 19.1. The first-order chi connectivity index (χ1) is 9.65. The lowest BCUT2D eigenvalue weighted by atomic mass is 10.0. The zero-order valence-electron chi connectivity index (χ0n) is 11.9. The molecule has 1 nitrogen and oxygen atoms in total. The average Bonchev–Trinajstić information content (AvgIpc) is 2.45. The fourth-order valence-corrected chi connectivity index (χ4v) is 2.06. The van der Waals surface area contributed by atoms with Gasteiger partial charge in [-0.2, -0.15) is 0 Å². The summed E-state index contributed by atoms with van der Waals surface area (Å²) in [6, 6.07) is 16.9. The van der Waals surface area contributed by atoms with Crippen molar-refractivity contribution in [2.24, 2.45) is 0 Å². The summed E-state index contributed by atoms with van der Waals surface area (Å²) in [6.07, 6.45) is 3.08. The molecule has 0 bridgehead atoms. The number of anilines is 1. The molecule has 0 amide bonds. The molecule has 2 rings (SSSR count). The van der Waals surface area contributed by atoms with Crippen molar-refractivity contribution >= 4 is 5.69 Å². The molecular formula is C18H20FN. The molecule has 0 aliphatic carbocycles. The number of hydrogen-bond donors (Lipinski definition) is 1. The lowest BCUT2D eigenvalue weighted by Crippen LogP contribution is -2.10. The Morgan fingerprint density at radius 3 is 2.30 bits per heavy atom. The number of benzene rings is 2. The van der Waals surface area contributed by atoms with Crippen molar-refractivity contribution in [1.82, 2.24) is 0 Å². The summed E-state index contributed by atoms with van der Waals surface area (Å²) in [4.78, 5) is 0. The van der Waals surface area contributed by atoms with Gasteiger partial charge in [0.15, 0.2) is 0 Å². The maximum atomic E-state index is 13.1. The Bertz CT molecular complexity index is 554. The molecule has 0 unspecified atom stereocenters. The highest BCUT2D eigenvalue weighted by molar-refractivity contribution is 5.45. The summed E-state index contributed by atoms with van der Waals surface area (Å²) >= 11 is 0. The maximum Gasteiger partial charge on any atom is 0.123 e. The van der Waals surface area contributed by atoms with Crippen molar-refractivity contribution in [2.75, 3.05) is 5.32 Å². The van der Waals surface area contributed by atoms with E-state index in [4.69, 9.17) is 0 Å². The predicted molar refractivity (Wildman–Crippen MR) is 83.3 cm³/mol.